The number of anilines is 1. The number of rotatable bonds is 3. The fourth-order valence-corrected chi connectivity index (χ4v) is 4.42. The van der Waals surface area contributed by atoms with Gasteiger partial charge in [0.1, 0.15) is 0 Å². The number of nitrogens with two attached hydrogens (primary N) is 1. The first kappa shape index (κ1) is 16.3. The Morgan fingerprint density at radius 2 is 2.19 bits per heavy atom. The van der Waals surface area contributed by atoms with Gasteiger partial charge in [-0.3, -0.25) is 4.79 Å². The number of carbonyl (C=O) groups excluding carboxylic acids is 1. The van der Waals surface area contributed by atoms with E-state index in [4.69, 9.17) is 10.5 Å². The number of sulfonamides is 1. The smallest absolute Gasteiger partial charge is 0.309 e. The molecular weight excluding hydrogens is 360 g/mol. The topological polar surface area (TPSA) is 89.7 Å². The van der Waals surface area contributed by atoms with Crippen molar-refractivity contribution in [1.82, 2.24) is 4.31 Å². The van der Waals surface area contributed by atoms with Crippen LogP contribution in [0.2, 0.25) is 0 Å². The van der Waals surface area contributed by atoms with Crippen LogP contribution >= 0.6 is 15.9 Å². The highest BCUT2D eigenvalue weighted by Gasteiger charge is 2.33. The highest BCUT2D eigenvalue weighted by Crippen LogP contribution is 2.28. The number of benzene rings is 1. The summed E-state index contributed by atoms with van der Waals surface area (Å²) in [6.07, 6.45) is 1.28. The minimum Gasteiger partial charge on any atom is -0.469 e. The molecule has 1 aromatic rings. The maximum Gasteiger partial charge on any atom is 0.309 e. The number of ether oxygens (including phenoxy) is 1. The largest absolute Gasteiger partial charge is 0.469 e. The van der Waals surface area contributed by atoms with Gasteiger partial charge in [0.2, 0.25) is 10.0 Å². The number of piperidine rings is 1. The third-order valence-electron chi connectivity index (χ3n) is 3.53. The second-order valence-corrected chi connectivity index (χ2v) is 7.70. The van der Waals surface area contributed by atoms with Crippen LogP contribution in [0, 0.1) is 5.92 Å². The number of nitrogen functional groups attached to an aromatic ring is 1. The van der Waals surface area contributed by atoms with E-state index >= 15 is 0 Å². The van der Waals surface area contributed by atoms with Crippen molar-refractivity contribution in [3.63, 3.8) is 0 Å². The van der Waals surface area contributed by atoms with Gasteiger partial charge in [0.15, 0.2) is 0 Å². The highest BCUT2D eigenvalue weighted by atomic mass is 79.9. The van der Waals surface area contributed by atoms with Gasteiger partial charge in [-0.1, -0.05) is 0 Å². The molecule has 2 rings (SSSR count). The van der Waals surface area contributed by atoms with Gasteiger partial charge in [-0.15, -0.1) is 0 Å². The molecule has 1 fully saturated rings. The molecule has 116 valence electrons. The molecule has 1 heterocycles. The lowest BCUT2D eigenvalue weighted by molar-refractivity contribution is -0.146. The van der Waals surface area contributed by atoms with Gasteiger partial charge in [-0.05, 0) is 47.0 Å². The van der Waals surface area contributed by atoms with E-state index in [1.807, 2.05) is 0 Å². The van der Waals surface area contributed by atoms with Crippen LogP contribution in [0.5, 0.6) is 0 Å². The third-order valence-corrected chi connectivity index (χ3v) is 6.08. The highest BCUT2D eigenvalue weighted by molar-refractivity contribution is 9.10. The van der Waals surface area contributed by atoms with Gasteiger partial charge >= 0.3 is 5.97 Å². The van der Waals surface area contributed by atoms with Crippen molar-refractivity contribution in [1.29, 1.82) is 0 Å². The van der Waals surface area contributed by atoms with Gasteiger partial charge < -0.3 is 10.5 Å². The van der Waals surface area contributed by atoms with E-state index in [0.717, 1.165) is 0 Å². The maximum absolute atomic E-state index is 12.6. The predicted molar refractivity (Wildman–Crippen MR) is 82.1 cm³/mol. The minimum absolute atomic E-state index is 0.150. The first-order valence-corrected chi connectivity index (χ1v) is 8.72. The van der Waals surface area contributed by atoms with Crippen LogP contribution in [0.3, 0.4) is 0 Å². The van der Waals surface area contributed by atoms with E-state index in [1.54, 1.807) is 6.07 Å². The van der Waals surface area contributed by atoms with Crippen molar-refractivity contribution < 1.29 is 17.9 Å². The zero-order valence-electron chi connectivity index (χ0n) is 11.6. The van der Waals surface area contributed by atoms with Crippen LogP contribution in [0.25, 0.3) is 0 Å². The fourth-order valence-electron chi connectivity index (χ4n) is 2.34. The van der Waals surface area contributed by atoms with Crippen LogP contribution in [-0.4, -0.2) is 38.9 Å². The van der Waals surface area contributed by atoms with Crippen LogP contribution in [0.1, 0.15) is 12.8 Å². The lowest BCUT2D eigenvalue weighted by Gasteiger charge is -2.30. The van der Waals surface area contributed by atoms with Gasteiger partial charge in [0, 0.05) is 23.2 Å². The molecule has 21 heavy (non-hydrogen) atoms. The van der Waals surface area contributed by atoms with Gasteiger partial charge in [0.25, 0.3) is 0 Å². The summed E-state index contributed by atoms with van der Waals surface area (Å²) < 4.78 is 31.8. The van der Waals surface area contributed by atoms with E-state index in [0.29, 0.717) is 29.5 Å². The normalized spacial score (nSPS) is 20.2. The molecule has 0 amide bonds. The first-order chi connectivity index (χ1) is 9.86. The molecule has 0 radical (unpaired) electrons. The summed E-state index contributed by atoms with van der Waals surface area (Å²) in [5.41, 5.74) is 6.15. The molecule has 0 aromatic heterocycles. The Labute approximate surface area is 132 Å². The molecule has 2 N–H and O–H groups in total. The number of hydrogen-bond acceptors (Lipinski definition) is 5. The van der Waals surface area contributed by atoms with Crippen molar-refractivity contribution in [3.8, 4) is 0 Å². The summed E-state index contributed by atoms with van der Waals surface area (Å²) in [6, 6.07) is 4.49. The average molecular weight is 377 g/mol. The van der Waals surface area contributed by atoms with E-state index < -0.39 is 15.9 Å². The van der Waals surface area contributed by atoms with Gasteiger partial charge in [-0.25, -0.2) is 8.42 Å². The lowest BCUT2D eigenvalue weighted by atomic mass is 10.0. The number of hydrogen-bond donors (Lipinski definition) is 1. The number of methoxy groups -OCH3 is 1. The molecule has 0 bridgehead atoms. The Balaban J connectivity index is 2.26. The van der Waals surface area contributed by atoms with E-state index in [2.05, 4.69) is 15.9 Å². The third kappa shape index (κ3) is 3.38. The Hall–Kier alpha value is -1.12. The molecule has 0 saturated carbocycles. The van der Waals surface area contributed by atoms with Crippen LogP contribution in [0.15, 0.2) is 27.6 Å². The second kappa shape index (κ2) is 6.33. The van der Waals surface area contributed by atoms with Crippen LogP contribution in [-0.2, 0) is 19.6 Å². The molecule has 1 aromatic carbocycles. The molecule has 1 aliphatic heterocycles. The SMILES string of the molecule is COC(=O)C1CCCN(S(=O)(=O)c2ccc(N)c(Br)c2)C1. The Morgan fingerprint density at radius 3 is 2.81 bits per heavy atom. The summed E-state index contributed by atoms with van der Waals surface area (Å²) in [5.74, 6) is -0.774. The zero-order chi connectivity index (χ0) is 15.6. The number of esters is 1. The molecular formula is C13H17BrN2O4S. The van der Waals surface area contributed by atoms with Crippen molar-refractivity contribution in [3.05, 3.63) is 22.7 Å². The summed E-state index contributed by atoms with van der Waals surface area (Å²) in [7, 11) is -2.32. The number of carbonyl (C=O) groups is 1. The summed E-state index contributed by atoms with van der Waals surface area (Å²) >= 11 is 3.23. The molecule has 1 atom stereocenters. The number of halogens is 1. The van der Waals surface area contributed by atoms with Crippen molar-refractivity contribution >= 4 is 37.6 Å². The van der Waals surface area contributed by atoms with E-state index in [1.165, 1.54) is 23.5 Å². The molecule has 1 aliphatic rings. The molecule has 6 nitrogen and oxygen atoms in total. The van der Waals surface area contributed by atoms with Crippen LogP contribution < -0.4 is 5.73 Å². The monoisotopic (exact) mass is 376 g/mol. The summed E-state index contributed by atoms with van der Waals surface area (Å²) in [6.45, 7) is 0.550. The first-order valence-electron chi connectivity index (χ1n) is 6.49. The Kier molecular flexibility index (Phi) is 4.90. The quantitative estimate of drug-likeness (QED) is 0.639. The predicted octanol–water partition coefficient (Wildman–Crippen LogP) is 1.60. The number of nitrogens with zero attached hydrogens (tertiary/aromatic N) is 1. The van der Waals surface area contributed by atoms with Crippen LogP contribution in [0.4, 0.5) is 5.69 Å². The van der Waals surface area contributed by atoms with E-state index in [-0.39, 0.29) is 17.4 Å². The summed E-state index contributed by atoms with van der Waals surface area (Å²) in [5, 5.41) is 0. The Bertz CT molecular complexity index is 648. The Morgan fingerprint density at radius 1 is 1.48 bits per heavy atom. The van der Waals surface area contributed by atoms with Gasteiger partial charge in [0.05, 0.1) is 17.9 Å². The van der Waals surface area contributed by atoms with Gasteiger partial charge in [-0.2, -0.15) is 4.31 Å². The molecule has 8 heteroatoms. The molecule has 0 aliphatic carbocycles. The van der Waals surface area contributed by atoms with Crippen molar-refractivity contribution in [2.45, 2.75) is 17.7 Å². The standard InChI is InChI=1S/C13H17BrN2O4S/c1-20-13(17)9-3-2-6-16(8-9)21(18,19)10-4-5-12(15)11(14)7-10/h4-5,7,9H,2-3,6,8,15H2,1H3. The fraction of sp³-hybridized carbons (Fsp3) is 0.462. The second-order valence-electron chi connectivity index (χ2n) is 4.91. The van der Waals surface area contributed by atoms with Crippen molar-refractivity contribution in [2.24, 2.45) is 5.92 Å². The summed E-state index contributed by atoms with van der Waals surface area (Å²) in [4.78, 5) is 11.8. The molecule has 0 spiro atoms. The minimum atomic E-state index is -3.64. The molecule has 1 saturated heterocycles. The molecule has 1 unspecified atom stereocenters. The average Bonchev–Trinajstić information content (AvgIpc) is 2.49. The van der Waals surface area contributed by atoms with Crippen molar-refractivity contribution in [2.75, 3.05) is 25.9 Å². The zero-order valence-corrected chi connectivity index (χ0v) is 14.0. The lowest BCUT2D eigenvalue weighted by Crippen LogP contribution is -2.42. The van der Waals surface area contributed by atoms with E-state index in [9.17, 15) is 13.2 Å². The maximum atomic E-state index is 12.6.